The lowest BCUT2D eigenvalue weighted by molar-refractivity contribution is 0.0845. The van der Waals surface area contributed by atoms with Gasteiger partial charge in [0.15, 0.2) is 0 Å². The van der Waals surface area contributed by atoms with Gasteiger partial charge in [0.25, 0.3) is 0 Å². The lowest BCUT2D eigenvalue weighted by Crippen LogP contribution is -2.27. The normalized spacial score (nSPS) is 11.3. The molecule has 0 bridgehead atoms. The van der Waals surface area contributed by atoms with Crippen LogP contribution in [0.4, 0.5) is 5.82 Å². The molecule has 1 N–H and O–H groups in total. The van der Waals surface area contributed by atoms with Crippen LogP contribution in [0.25, 0.3) is 0 Å². The molecule has 0 radical (unpaired) electrons. The van der Waals surface area contributed by atoms with E-state index >= 15 is 0 Å². The topological polar surface area (TPSA) is 37.4 Å². The zero-order chi connectivity index (χ0) is 15.0. The molecule has 4 nitrogen and oxygen atoms in total. The van der Waals surface area contributed by atoms with Gasteiger partial charge in [0, 0.05) is 31.9 Å². The lowest BCUT2D eigenvalue weighted by atomic mass is 10.2. The first-order valence-electron chi connectivity index (χ1n) is 7.48. The Hall–Kier alpha value is -1.13. The van der Waals surface area contributed by atoms with Crippen LogP contribution in [-0.4, -0.2) is 37.8 Å². The maximum atomic E-state index is 5.60. The Labute approximate surface area is 123 Å². The smallest absolute Gasteiger partial charge is 0.132 e. The maximum absolute atomic E-state index is 5.60. The molecule has 1 aromatic rings. The monoisotopic (exact) mass is 279 g/mol. The van der Waals surface area contributed by atoms with Gasteiger partial charge < -0.3 is 15.0 Å². The molecule has 0 aromatic carbocycles. The van der Waals surface area contributed by atoms with Crippen LogP contribution < -0.4 is 10.2 Å². The molecule has 1 heterocycles. The summed E-state index contributed by atoms with van der Waals surface area (Å²) in [5, 5.41) is 3.47. The minimum atomic E-state index is 0.277. The molecule has 0 fully saturated rings. The van der Waals surface area contributed by atoms with E-state index < -0.39 is 0 Å². The third-order valence-corrected chi connectivity index (χ3v) is 2.97. The quantitative estimate of drug-likeness (QED) is 0.754. The van der Waals surface area contributed by atoms with Crippen molar-refractivity contribution in [1.29, 1.82) is 0 Å². The summed E-state index contributed by atoms with van der Waals surface area (Å²) in [7, 11) is 2.07. The molecule has 0 atom stereocenters. The van der Waals surface area contributed by atoms with E-state index in [1.807, 2.05) is 12.3 Å². The number of ether oxygens (including phenoxy) is 1. The SMILES string of the molecule is CC(C)CNCc1cccnc1N(C)CCOC(C)C. The van der Waals surface area contributed by atoms with Crippen LogP contribution in [0.5, 0.6) is 0 Å². The fourth-order valence-corrected chi connectivity index (χ4v) is 1.94. The fraction of sp³-hybridized carbons (Fsp3) is 0.688. The Kier molecular flexibility index (Phi) is 7.55. The number of hydrogen-bond donors (Lipinski definition) is 1. The second kappa shape index (κ2) is 8.93. The van der Waals surface area contributed by atoms with Crippen molar-refractivity contribution in [1.82, 2.24) is 10.3 Å². The van der Waals surface area contributed by atoms with E-state index in [1.165, 1.54) is 5.56 Å². The van der Waals surface area contributed by atoms with Gasteiger partial charge in [-0.3, -0.25) is 0 Å². The predicted molar refractivity (Wildman–Crippen MR) is 85.1 cm³/mol. The van der Waals surface area contributed by atoms with Gasteiger partial charge in [-0.1, -0.05) is 19.9 Å². The second-order valence-corrected chi connectivity index (χ2v) is 5.85. The second-order valence-electron chi connectivity index (χ2n) is 5.85. The summed E-state index contributed by atoms with van der Waals surface area (Å²) in [6.45, 7) is 12.0. The van der Waals surface area contributed by atoms with E-state index in [9.17, 15) is 0 Å². The molecule has 4 heteroatoms. The van der Waals surface area contributed by atoms with Crippen LogP contribution in [0.2, 0.25) is 0 Å². The van der Waals surface area contributed by atoms with Crippen molar-refractivity contribution in [2.75, 3.05) is 31.6 Å². The van der Waals surface area contributed by atoms with Gasteiger partial charge in [-0.2, -0.15) is 0 Å². The standard InChI is InChI=1S/C16H29N3O/c1-13(2)11-17-12-15-7-6-8-18-16(15)19(5)9-10-20-14(3)4/h6-8,13-14,17H,9-12H2,1-5H3. The van der Waals surface area contributed by atoms with Crippen molar-refractivity contribution >= 4 is 5.82 Å². The molecule has 0 amide bonds. The molecule has 0 saturated heterocycles. The van der Waals surface area contributed by atoms with E-state index in [1.54, 1.807) is 0 Å². The van der Waals surface area contributed by atoms with E-state index in [0.717, 1.165) is 32.1 Å². The number of rotatable bonds is 9. The number of nitrogens with zero attached hydrogens (tertiary/aromatic N) is 2. The van der Waals surface area contributed by atoms with Crippen molar-refractivity contribution < 1.29 is 4.74 Å². The summed E-state index contributed by atoms with van der Waals surface area (Å²) in [6.07, 6.45) is 2.13. The molecule has 0 aliphatic heterocycles. The molecule has 1 aromatic heterocycles. The first kappa shape index (κ1) is 16.9. The molecule has 0 unspecified atom stereocenters. The molecule has 1 rings (SSSR count). The molecular weight excluding hydrogens is 250 g/mol. The van der Waals surface area contributed by atoms with E-state index in [-0.39, 0.29) is 6.10 Å². The zero-order valence-electron chi connectivity index (χ0n) is 13.5. The van der Waals surface area contributed by atoms with Crippen molar-refractivity contribution in [3.63, 3.8) is 0 Å². The molecule has 0 aliphatic rings. The molecule has 0 spiro atoms. The molecular formula is C16H29N3O. The highest BCUT2D eigenvalue weighted by Crippen LogP contribution is 2.15. The number of likely N-dealkylation sites (N-methyl/N-ethyl adjacent to an activating group) is 1. The summed E-state index contributed by atoms with van der Waals surface area (Å²) in [5.74, 6) is 1.70. The number of aromatic nitrogens is 1. The van der Waals surface area contributed by atoms with Gasteiger partial charge in [-0.15, -0.1) is 0 Å². The summed E-state index contributed by atoms with van der Waals surface area (Å²) < 4.78 is 5.60. The van der Waals surface area contributed by atoms with Crippen LogP contribution >= 0.6 is 0 Å². The number of anilines is 1. The number of pyridine rings is 1. The Morgan fingerprint density at radius 1 is 1.30 bits per heavy atom. The Balaban J connectivity index is 2.54. The average Bonchev–Trinajstić information content (AvgIpc) is 2.38. The third kappa shape index (κ3) is 6.35. The van der Waals surface area contributed by atoms with Crippen molar-refractivity contribution in [2.24, 2.45) is 5.92 Å². The van der Waals surface area contributed by atoms with Crippen LogP contribution in [0.1, 0.15) is 33.3 Å². The van der Waals surface area contributed by atoms with Crippen molar-refractivity contribution in [3.05, 3.63) is 23.9 Å². The predicted octanol–water partition coefficient (Wildman–Crippen LogP) is 2.69. The van der Waals surface area contributed by atoms with Gasteiger partial charge in [0.1, 0.15) is 5.82 Å². The van der Waals surface area contributed by atoms with Gasteiger partial charge in [0.05, 0.1) is 12.7 Å². The number of nitrogens with one attached hydrogen (secondary N) is 1. The summed E-state index contributed by atoms with van der Waals surface area (Å²) >= 11 is 0. The summed E-state index contributed by atoms with van der Waals surface area (Å²) in [5.41, 5.74) is 1.24. The van der Waals surface area contributed by atoms with E-state index in [2.05, 4.69) is 56.0 Å². The van der Waals surface area contributed by atoms with Gasteiger partial charge in [0.2, 0.25) is 0 Å². The van der Waals surface area contributed by atoms with Crippen LogP contribution in [0, 0.1) is 5.92 Å². The highest BCUT2D eigenvalue weighted by Gasteiger charge is 2.08. The fourth-order valence-electron chi connectivity index (χ4n) is 1.94. The van der Waals surface area contributed by atoms with Crippen LogP contribution in [0.3, 0.4) is 0 Å². The molecule has 114 valence electrons. The summed E-state index contributed by atoms with van der Waals surface area (Å²) in [4.78, 5) is 6.67. The summed E-state index contributed by atoms with van der Waals surface area (Å²) in [6, 6.07) is 4.13. The Morgan fingerprint density at radius 3 is 2.70 bits per heavy atom. The highest BCUT2D eigenvalue weighted by molar-refractivity contribution is 5.45. The van der Waals surface area contributed by atoms with E-state index in [4.69, 9.17) is 4.74 Å². The van der Waals surface area contributed by atoms with Gasteiger partial charge >= 0.3 is 0 Å². The molecule has 0 saturated carbocycles. The Bertz CT molecular complexity index is 380. The van der Waals surface area contributed by atoms with Crippen molar-refractivity contribution in [3.8, 4) is 0 Å². The largest absolute Gasteiger partial charge is 0.377 e. The van der Waals surface area contributed by atoms with Crippen LogP contribution in [0.15, 0.2) is 18.3 Å². The Morgan fingerprint density at radius 2 is 2.05 bits per heavy atom. The minimum absolute atomic E-state index is 0.277. The van der Waals surface area contributed by atoms with Crippen molar-refractivity contribution in [2.45, 2.75) is 40.3 Å². The first-order chi connectivity index (χ1) is 9.50. The molecule has 0 aliphatic carbocycles. The highest BCUT2D eigenvalue weighted by atomic mass is 16.5. The zero-order valence-corrected chi connectivity index (χ0v) is 13.5. The average molecular weight is 279 g/mol. The van der Waals surface area contributed by atoms with Gasteiger partial charge in [-0.05, 0) is 32.4 Å². The minimum Gasteiger partial charge on any atom is -0.377 e. The van der Waals surface area contributed by atoms with E-state index in [0.29, 0.717) is 5.92 Å². The van der Waals surface area contributed by atoms with Gasteiger partial charge in [-0.25, -0.2) is 4.98 Å². The molecule has 20 heavy (non-hydrogen) atoms. The van der Waals surface area contributed by atoms with Crippen LogP contribution in [-0.2, 0) is 11.3 Å². The third-order valence-electron chi connectivity index (χ3n) is 2.97. The lowest BCUT2D eigenvalue weighted by Gasteiger charge is -2.22. The first-order valence-corrected chi connectivity index (χ1v) is 7.48. The number of hydrogen-bond acceptors (Lipinski definition) is 4. The maximum Gasteiger partial charge on any atom is 0.132 e.